The maximum atomic E-state index is 13.3. The fourth-order valence-electron chi connectivity index (χ4n) is 4.77. The number of rotatable bonds is 6. The number of halogens is 1. The maximum Gasteiger partial charge on any atom is 0.250 e. The lowest BCUT2D eigenvalue weighted by molar-refractivity contribution is 0.159. The Labute approximate surface area is 183 Å². The number of aromatic nitrogens is 3. The van der Waals surface area contributed by atoms with Crippen LogP contribution < -0.4 is 0 Å². The lowest BCUT2D eigenvalue weighted by atomic mass is 9.76. The van der Waals surface area contributed by atoms with Gasteiger partial charge in [0.1, 0.15) is 5.82 Å². The van der Waals surface area contributed by atoms with Crippen molar-refractivity contribution in [2.24, 2.45) is 18.9 Å². The van der Waals surface area contributed by atoms with Crippen molar-refractivity contribution in [3.8, 4) is 11.5 Å². The lowest BCUT2D eigenvalue weighted by Gasteiger charge is -2.37. The number of hydrogen-bond donors (Lipinski definition) is 0. The standard InChI is InChI=1S/C25H31FN4O/c1-17-5-15-22(30(17)4)25-27-23(31-28-25)16-8-18-6-9-19(10-7-18)24(29(2)3)20-11-13-21(26)14-12-20/h5,8,11-16,18-19,24H,6-7,9-10H2,1-4H3. The summed E-state index contributed by atoms with van der Waals surface area (Å²) in [6.07, 6.45) is 8.72. The molecule has 1 aliphatic carbocycles. The molecule has 0 spiro atoms. The molecule has 0 amide bonds. The average molecular weight is 423 g/mol. The molecule has 0 aliphatic heterocycles. The zero-order chi connectivity index (χ0) is 22.0. The monoisotopic (exact) mass is 422 g/mol. The van der Waals surface area contributed by atoms with Gasteiger partial charge in [0.2, 0.25) is 5.82 Å². The summed E-state index contributed by atoms with van der Waals surface area (Å²) in [6.45, 7) is 2.05. The maximum absolute atomic E-state index is 13.3. The second-order valence-corrected chi connectivity index (χ2v) is 8.87. The molecule has 1 fully saturated rings. The van der Waals surface area contributed by atoms with Gasteiger partial charge >= 0.3 is 0 Å². The molecule has 3 aromatic rings. The van der Waals surface area contributed by atoms with Crippen LogP contribution in [0.5, 0.6) is 0 Å². The second kappa shape index (κ2) is 9.18. The predicted octanol–water partition coefficient (Wildman–Crippen LogP) is 5.65. The molecule has 0 radical (unpaired) electrons. The van der Waals surface area contributed by atoms with Crippen LogP contribution >= 0.6 is 0 Å². The van der Waals surface area contributed by atoms with Gasteiger partial charge in [-0.15, -0.1) is 0 Å². The Bertz CT molecular complexity index is 1030. The summed E-state index contributed by atoms with van der Waals surface area (Å²) in [7, 11) is 6.23. The Hall–Kier alpha value is -2.73. The third-order valence-corrected chi connectivity index (χ3v) is 6.59. The highest BCUT2D eigenvalue weighted by atomic mass is 19.1. The normalized spacial score (nSPS) is 20.6. The number of benzene rings is 1. The summed E-state index contributed by atoms with van der Waals surface area (Å²) in [6, 6.07) is 11.4. The summed E-state index contributed by atoms with van der Waals surface area (Å²) in [5.74, 6) is 2.07. The SMILES string of the molecule is Cc1ccc(-c2noc(C=CC3CCC(C(c4ccc(F)cc4)N(C)C)CC3)n2)n1C. The van der Waals surface area contributed by atoms with Gasteiger partial charge in [-0.1, -0.05) is 23.4 Å². The molecule has 5 nitrogen and oxygen atoms in total. The van der Waals surface area contributed by atoms with Crippen LogP contribution in [0.2, 0.25) is 0 Å². The van der Waals surface area contributed by atoms with E-state index < -0.39 is 0 Å². The molecule has 1 atom stereocenters. The molecule has 31 heavy (non-hydrogen) atoms. The van der Waals surface area contributed by atoms with E-state index in [2.05, 4.69) is 46.7 Å². The number of allylic oxidation sites excluding steroid dienone is 1. The van der Waals surface area contributed by atoms with Crippen LogP contribution in [-0.4, -0.2) is 33.7 Å². The quantitative estimate of drug-likeness (QED) is 0.515. The molecule has 1 aromatic carbocycles. The molecule has 0 N–H and O–H groups in total. The molecule has 1 aliphatic rings. The van der Waals surface area contributed by atoms with Gasteiger partial charge in [-0.3, -0.25) is 0 Å². The van der Waals surface area contributed by atoms with Gasteiger partial charge in [-0.25, -0.2) is 4.39 Å². The molecule has 0 saturated heterocycles. The third-order valence-electron chi connectivity index (χ3n) is 6.59. The Morgan fingerprint density at radius 1 is 1.10 bits per heavy atom. The molecule has 4 rings (SSSR count). The summed E-state index contributed by atoms with van der Waals surface area (Å²) >= 11 is 0. The van der Waals surface area contributed by atoms with Crippen LogP contribution in [0.15, 0.2) is 47.0 Å². The topological polar surface area (TPSA) is 47.1 Å². The molecular weight excluding hydrogens is 391 g/mol. The van der Waals surface area contributed by atoms with Crippen LogP contribution in [0.4, 0.5) is 4.39 Å². The third kappa shape index (κ3) is 4.79. The van der Waals surface area contributed by atoms with E-state index >= 15 is 0 Å². The predicted molar refractivity (Wildman–Crippen MR) is 121 cm³/mol. The van der Waals surface area contributed by atoms with Crippen molar-refractivity contribution in [3.05, 3.63) is 65.4 Å². The van der Waals surface area contributed by atoms with Gasteiger partial charge in [0.05, 0.1) is 5.69 Å². The first-order valence-corrected chi connectivity index (χ1v) is 11.0. The van der Waals surface area contributed by atoms with E-state index in [1.165, 1.54) is 5.56 Å². The summed E-state index contributed by atoms with van der Waals surface area (Å²) in [5, 5.41) is 4.13. The molecule has 164 valence electrons. The molecular formula is C25H31FN4O. The highest BCUT2D eigenvalue weighted by Gasteiger charge is 2.29. The number of hydrogen-bond acceptors (Lipinski definition) is 4. The number of aryl methyl sites for hydroxylation is 1. The van der Waals surface area contributed by atoms with Crippen molar-refractivity contribution in [2.75, 3.05) is 14.1 Å². The molecule has 0 bridgehead atoms. The molecule has 2 aromatic heterocycles. The van der Waals surface area contributed by atoms with E-state index in [9.17, 15) is 4.39 Å². The first-order valence-electron chi connectivity index (χ1n) is 11.0. The van der Waals surface area contributed by atoms with Gasteiger partial charge in [0.15, 0.2) is 0 Å². The lowest BCUT2D eigenvalue weighted by Crippen LogP contribution is -2.30. The second-order valence-electron chi connectivity index (χ2n) is 8.87. The van der Waals surface area contributed by atoms with Crippen molar-refractivity contribution in [2.45, 2.75) is 38.6 Å². The van der Waals surface area contributed by atoms with Crippen molar-refractivity contribution >= 4 is 6.08 Å². The highest BCUT2D eigenvalue weighted by molar-refractivity contribution is 5.52. The average Bonchev–Trinajstić information content (AvgIpc) is 3.35. The fourth-order valence-corrected chi connectivity index (χ4v) is 4.77. The van der Waals surface area contributed by atoms with Gasteiger partial charge in [-0.2, -0.15) is 4.98 Å². The first kappa shape index (κ1) is 21.5. The molecule has 2 heterocycles. The smallest absolute Gasteiger partial charge is 0.250 e. The van der Waals surface area contributed by atoms with Crippen molar-refractivity contribution in [1.29, 1.82) is 0 Å². The molecule has 1 saturated carbocycles. The van der Waals surface area contributed by atoms with E-state index in [0.29, 0.717) is 29.6 Å². The van der Waals surface area contributed by atoms with Crippen LogP contribution in [-0.2, 0) is 7.05 Å². The number of nitrogens with zero attached hydrogens (tertiary/aromatic N) is 4. The van der Waals surface area contributed by atoms with E-state index in [0.717, 1.165) is 37.1 Å². The van der Waals surface area contributed by atoms with Crippen LogP contribution in [0.3, 0.4) is 0 Å². The first-order chi connectivity index (χ1) is 14.9. The fraction of sp³-hybridized carbons (Fsp3) is 0.440. The van der Waals surface area contributed by atoms with Crippen molar-refractivity contribution in [1.82, 2.24) is 19.6 Å². The zero-order valence-electron chi connectivity index (χ0n) is 18.8. The zero-order valence-corrected chi connectivity index (χ0v) is 18.8. The minimum atomic E-state index is -0.179. The van der Waals surface area contributed by atoms with Crippen LogP contribution in [0, 0.1) is 24.6 Å². The highest BCUT2D eigenvalue weighted by Crippen LogP contribution is 2.39. The Kier molecular flexibility index (Phi) is 6.37. The van der Waals surface area contributed by atoms with E-state index in [-0.39, 0.29) is 5.82 Å². The summed E-state index contributed by atoms with van der Waals surface area (Å²) in [4.78, 5) is 6.79. The van der Waals surface area contributed by atoms with Crippen molar-refractivity contribution in [3.63, 3.8) is 0 Å². The van der Waals surface area contributed by atoms with Crippen LogP contribution in [0.25, 0.3) is 17.6 Å². The van der Waals surface area contributed by atoms with E-state index in [1.54, 1.807) is 12.1 Å². The van der Waals surface area contributed by atoms with Crippen LogP contribution in [0.1, 0.15) is 48.9 Å². The summed E-state index contributed by atoms with van der Waals surface area (Å²) < 4.78 is 20.8. The molecule has 6 heteroatoms. The minimum absolute atomic E-state index is 0.179. The van der Waals surface area contributed by atoms with Gasteiger partial charge in [0, 0.05) is 18.8 Å². The minimum Gasteiger partial charge on any atom is -0.345 e. The Morgan fingerprint density at radius 2 is 1.81 bits per heavy atom. The van der Waals surface area contributed by atoms with Gasteiger partial charge < -0.3 is 14.0 Å². The van der Waals surface area contributed by atoms with Gasteiger partial charge in [0.25, 0.3) is 5.89 Å². The Morgan fingerprint density at radius 3 is 2.42 bits per heavy atom. The largest absolute Gasteiger partial charge is 0.345 e. The van der Waals surface area contributed by atoms with Gasteiger partial charge in [-0.05, 0) is 94.4 Å². The summed E-state index contributed by atoms with van der Waals surface area (Å²) in [5.41, 5.74) is 3.31. The Balaban J connectivity index is 1.37. The molecule has 1 unspecified atom stereocenters. The van der Waals surface area contributed by atoms with Crippen molar-refractivity contribution < 1.29 is 8.91 Å². The van der Waals surface area contributed by atoms with E-state index in [4.69, 9.17) is 4.52 Å². The van der Waals surface area contributed by atoms with E-state index in [1.807, 2.05) is 37.4 Å².